The maximum Gasteiger partial charge on any atom is 0.274 e. The number of carbonyl (C=O) groups excluding carboxylic acids is 1. The topological polar surface area (TPSA) is 52.6 Å². The molecule has 1 heterocycles. The van der Waals surface area contributed by atoms with E-state index in [4.69, 9.17) is 5.21 Å². The van der Waals surface area contributed by atoms with Gasteiger partial charge in [-0.25, -0.2) is 9.87 Å². The van der Waals surface area contributed by atoms with Crippen LogP contribution in [0.3, 0.4) is 0 Å². The van der Waals surface area contributed by atoms with Crippen LogP contribution in [0.25, 0.3) is 0 Å². The number of fused-ring (bicyclic) bond motifs is 1. The lowest BCUT2D eigenvalue weighted by atomic mass is 9.75. The molecule has 1 atom stereocenters. The van der Waals surface area contributed by atoms with Crippen molar-refractivity contribution in [2.24, 2.45) is 5.41 Å². The third kappa shape index (κ3) is 3.52. The molecule has 1 amide bonds. The molecule has 24 heavy (non-hydrogen) atoms. The third-order valence-corrected chi connectivity index (χ3v) is 5.28. The van der Waals surface area contributed by atoms with Crippen molar-refractivity contribution in [2.75, 3.05) is 13.1 Å². The number of hydrogen-bond donors (Lipinski definition) is 2. The van der Waals surface area contributed by atoms with Gasteiger partial charge in [0, 0.05) is 25.2 Å². The Morgan fingerprint density at radius 1 is 1.46 bits per heavy atom. The van der Waals surface area contributed by atoms with Gasteiger partial charge in [0.25, 0.3) is 5.91 Å². The first-order chi connectivity index (χ1) is 11.4. The van der Waals surface area contributed by atoms with E-state index in [9.17, 15) is 9.18 Å². The number of nitrogens with zero attached hydrogens (tertiary/aromatic N) is 1. The Bertz CT molecular complexity index is 686. The molecular formula is C19H25FN2O2. The lowest BCUT2D eigenvalue weighted by molar-refractivity contribution is 0.0705. The predicted octanol–water partition coefficient (Wildman–Crippen LogP) is 3.44. The van der Waals surface area contributed by atoms with Crippen LogP contribution in [0.5, 0.6) is 0 Å². The van der Waals surface area contributed by atoms with Crippen molar-refractivity contribution in [1.82, 2.24) is 10.4 Å². The van der Waals surface area contributed by atoms with E-state index in [1.54, 1.807) is 11.5 Å². The zero-order valence-electron chi connectivity index (χ0n) is 14.4. The summed E-state index contributed by atoms with van der Waals surface area (Å²) in [6.45, 7) is 6.99. The van der Waals surface area contributed by atoms with Crippen LogP contribution in [0, 0.1) is 11.2 Å². The lowest BCUT2D eigenvalue weighted by Crippen LogP contribution is -2.40. The van der Waals surface area contributed by atoms with Crippen LogP contribution in [0.15, 0.2) is 23.8 Å². The molecule has 1 aliphatic carbocycles. The zero-order valence-corrected chi connectivity index (χ0v) is 14.4. The SMILES string of the molecule is CC1=CCCC(C)(CN2CCc3c(F)cc(C(=O)NO)cc3C2)C1. The van der Waals surface area contributed by atoms with Crippen LogP contribution in [-0.2, 0) is 13.0 Å². The first-order valence-electron chi connectivity index (χ1n) is 8.54. The molecule has 0 bridgehead atoms. The summed E-state index contributed by atoms with van der Waals surface area (Å²) in [7, 11) is 0. The number of allylic oxidation sites excluding steroid dienone is 2. The van der Waals surface area contributed by atoms with E-state index in [-0.39, 0.29) is 16.8 Å². The van der Waals surface area contributed by atoms with Crippen LogP contribution in [0.4, 0.5) is 4.39 Å². The smallest absolute Gasteiger partial charge is 0.274 e. The van der Waals surface area contributed by atoms with Crippen molar-refractivity contribution >= 4 is 5.91 Å². The Kier molecular flexibility index (Phi) is 4.74. The number of benzene rings is 1. The van der Waals surface area contributed by atoms with Crippen molar-refractivity contribution in [3.8, 4) is 0 Å². The van der Waals surface area contributed by atoms with Gasteiger partial charge in [-0.05, 0) is 61.3 Å². The number of carbonyl (C=O) groups is 1. The molecule has 0 aromatic heterocycles. The Labute approximate surface area is 142 Å². The number of hydroxylamine groups is 1. The van der Waals surface area contributed by atoms with Crippen molar-refractivity contribution in [2.45, 2.75) is 46.1 Å². The van der Waals surface area contributed by atoms with Gasteiger partial charge in [0.2, 0.25) is 0 Å². The fourth-order valence-corrected chi connectivity index (χ4v) is 4.21. The molecule has 3 rings (SSSR count). The molecule has 0 saturated carbocycles. The molecule has 0 saturated heterocycles. The molecule has 5 heteroatoms. The Hall–Kier alpha value is -1.72. The van der Waals surface area contributed by atoms with Crippen LogP contribution >= 0.6 is 0 Å². The Balaban J connectivity index is 1.77. The molecule has 1 aromatic rings. The fraction of sp³-hybridized carbons (Fsp3) is 0.526. The van der Waals surface area contributed by atoms with Crippen molar-refractivity contribution in [3.63, 3.8) is 0 Å². The van der Waals surface area contributed by atoms with Crippen LogP contribution < -0.4 is 5.48 Å². The second-order valence-corrected chi connectivity index (χ2v) is 7.57. The van der Waals surface area contributed by atoms with E-state index < -0.39 is 5.91 Å². The molecule has 1 aromatic carbocycles. The summed E-state index contributed by atoms with van der Waals surface area (Å²) in [5.41, 5.74) is 5.01. The molecule has 2 N–H and O–H groups in total. The number of rotatable bonds is 3. The second-order valence-electron chi connectivity index (χ2n) is 7.57. The highest BCUT2D eigenvalue weighted by atomic mass is 19.1. The van der Waals surface area contributed by atoms with Gasteiger partial charge in [-0.15, -0.1) is 0 Å². The van der Waals surface area contributed by atoms with Gasteiger partial charge in [0.1, 0.15) is 5.82 Å². The summed E-state index contributed by atoms with van der Waals surface area (Å²) in [6.07, 6.45) is 6.39. The highest BCUT2D eigenvalue weighted by Gasteiger charge is 2.31. The van der Waals surface area contributed by atoms with Crippen LogP contribution in [-0.4, -0.2) is 29.1 Å². The number of nitrogens with one attached hydrogen (secondary N) is 1. The summed E-state index contributed by atoms with van der Waals surface area (Å²) in [5, 5.41) is 8.77. The van der Waals surface area contributed by atoms with Crippen LogP contribution in [0.2, 0.25) is 0 Å². The van der Waals surface area contributed by atoms with E-state index in [2.05, 4.69) is 24.8 Å². The minimum atomic E-state index is -0.672. The highest BCUT2D eigenvalue weighted by Crippen LogP contribution is 2.37. The van der Waals surface area contributed by atoms with Gasteiger partial charge in [-0.1, -0.05) is 18.6 Å². The Morgan fingerprint density at radius 3 is 2.96 bits per heavy atom. The molecule has 4 nitrogen and oxygen atoms in total. The standard InChI is InChI=1S/C19H25FN2O2/c1-13-4-3-6-19(2,10-13)12-22-7-5-16-15(11-22)8-14(9-17(16)20)18(23)21-24/h4,8-9,24H,3,5-7,10-12H2,1-2H3,(H,21,23). The molecule has 0 radical (unpaired) electrons. The van der Waals surface area contributed by atoms with E-state index in [0.717, 1.165) is 31.5 Å². The fourth-order valence-electron chi connectivity index (χ4n) is 4.21. The highest BCUT2D eigenvalue weighted by molar-refractivity contribution is 5.93. The summed E-state index contributed by atoms with van der Waals surface area (Å²) >= 11 is 0. The first-order valence-corrected chi connectivity index (χ1v) is 8.54. The van der Waals surface area contributed by atoms with Gasteiger partial charge in [-0.2, -0.15) is 0 Å². The average molecular weight is 332 g/mol. The zero-order chi connectivity index (χ0) is 17.3. The molecular weight excluding hydrogens is 307 g/mol. The number of halogens is 1. The minimum Gasteiger partial charge on any atom is -0.298 e. The third-order valence-electron chi connectivity index (χ3n) is 5.28. The molecule has 1 aliphatic heterocycles. The molecule has 0 fully saturated rings. The normalized spacial score (nSPS) is 24.2. The number of amides is 1. The van der Waals surface area contributed by atoms with Gasteiger partial charge >= 0.3 is 0 Å². The maximum atomic E-state index is 14.3. The predicted molar refractivity (Wildman–Crippen MR) is 90.3 cm³/mol. The lowest BCUT2D eigenvalue weighted by Gasteiger charge is -2.40. The summed E-state index contributed by atoms with van der Waals surface area (Å²) in [4.78, 5) is 14.0. The molecule has 1 unspecified atom stereocenters. The summed E-state index contributed by atoms with van der Waals surface area (Å²) in [6, 6.07) is 2.90. The summed E-state index contributed by atoms with van der Waals surface area (Å²) in [5.74, 6) is -1.03. The molecule has 130 valence electrons. The van der Waals surface area contributed by atoms with Crippen molar-refractivity contribution < 1.29 is 14.4 Å². The van der Waals surface area contributed by atoms with E-state index in [1.807, 2.05) is 0 Å². The van der Waals surface area contributed by atoms with E-state index in [0.29, 0.717) is 18.5 Å². The van der Waals surface area contributed by atoms with Crippen molar-refractivity contribution in [3.05, 3.63) is 46.3 Å². The van der Waals surface area contributed by atoms with Gasteiger partial charge in [-0.3, -0.25) is 14.9 Å². The maximum absolute atomic E-state index is 14.3. The second kappa shape index (κ2) is 6.65. The first kappa shape index (κ1) is 17.1. The average Bonchev–Trinajstić information content (AvgIpc) is 2.53. The largest absolute Gasteiger partial charge is 0.298 e. The van der Waals surface area contributed by atoms with Crippen LogP contribution in [0.1, 0.15) is 54.6 Å². The quantitative estimate of drug-likeness (QED) is 0.506. The summed E-state index contributed by atoms with van der Waals surface area (Å²) < 4.78 is 14.3. The molecule has 2 aliphatic rings. The Morgan fingerprint density at radius 2 is 2.25 bits per heavy atom. The minimum absolute atomic E-state index is 0.165. The number of hydrogen-bond acceptors (Lipinski definition) is 3. The van der Waals surface area contributed by atoms with Gasteiger partial charge in [0.15, 0.2) is 0 Å². The monoisotopic (exact) mass is 332 g/mol. The van der Waals surface area contributed by atoms with Gasteiger partial charge < -0.3 is 0 Å². The van der Waals surface area contributed by atoms with E-state index in [1.165, 1.54) is 18.1 Å². The van der Waals surface area contributed by atoms with Crippen molar-refractivity contribution in [1.29, 1.82) is 0 Å². The van der Waals surface area contributed by atoms with E-state index >= 15 is 0 Å². The van der Waals surface area contributed by atoms with Gasteiger partial charge in [0.05, 0.1) is 0 Å². The molecule has 0 spiro atoms.